The van der Waals surface area contributed by atoms with Crippen molar-refractivity contribution in [1.82, 2.24) is 10.2 Å². The Labute approximate surface area is 148 Å². The molecule has 1 spiro atoms. The Balaban J connectivity index is 1.43. The number of likely N-dealkylation sites (tertiary alicyclic amines) is 1. The number of nitrogens with zero attached hydrogens (tertiary/aromatic N) is 1. The van der Waals surface area contributed by atoms with Gasteiger partial charge in [-0.15, -0.1) is 0 Å². The van der Waals surface area contributed by atoms with E-state index in [0.717, 1.165) is 56.0 Å². The zero-order valence-corrected chi connectivity index (χ0v) is 14.6. The molecule has 0 radical (unpaired) electrons. The van der Waals surface area contributed by atoms with Crippen LogP contribution in [0.25, 0.3) is 11.3 Å². The monoisotopic (exact) mass is 340 g/mol. The minimum absolute atomic E-state index is 0.269. The Kier molecular flexibility index (Phi) is 4.25. The highest BCUT2D eigenvalue weighted by molar-refractivity contribution is 5.70. The molecule has 1 atom stereocenters. The maximum Gasteiger partial charge on any atom is 0.407 e. The van der Waals surface area contributed by atoms with Gasteiger partial charge < -0.3 is 14.5 Å². The number of nitrogens with one attached hydrogen (secondary N) is 1. The van der Waals surface area contributed by atoms with Crippen LogP contribution in [0.1, 0.15) is 30.6 Å². The van der Waals surface area contributed by atoms with Crippen molar-refractivity contribution >= 4 is 6.09 Å². The molecular formula is C20H24N2O3. The van der Waals surface area contributed by atoms with E-state index < -0.39 is 0 Å². The number of aryl methyl sites for hydroxylation is 1. The maximum absolute atomic E-state index is 11.4. The molecule has 0 saturated carbocycles. The number of hydrogen-bond acceptors (Lipinski definition) is 4. The fourth-order valence-electron chi connectivity index (χ4n) is 3.83. The molecule has 25 heavy (non-hydrogen) atoms. The molecule has 1 aromatic heterocycles. The van der Waals surface area contributed by atoms with Crippen LogP contribution in [0, 0.1) is 6.92 Å². The summed E-state index contributed by atoms with van der Waals surface area (Å²) in [4.78, 5) is 13.9. The third-order valence-corrected chi connectivity index (χ3v) is 5.21. The highest BCUT2D eigenvalue weighted by atomic mass is 16.6. The first-order chi connectivity index (χ1) is 12.1. The molecule has 0 aliphatic carbocycles. The lowest BCUT2D eigenvalue weighted by Crippen LogP contribution is -2.34. The van der Waals surface area contributed by atoms with Gasteiger partial charge in [-0.2, -0.15) is 0 Å². The van der Waals surface area contributed by atoms with Gasteiger partial charge in [0, 0.05) is 25.1 Å². The van der Waals surface area contributed by atoms with Gasteiger partial charge in [-0.1, -0.05) is 18.2 Å². The molecule has 0 unspecified atom stereocenters. The molecule has 0 bridgehead atoms. The van der Waals surface area contributed by atoms with Crippen molar-refractivity contribution in [3.63, 3.8) is 0 Å². The van der Waals surface area contributed by atoms with Crippen molar-refractivity contribution in [1.29, 1.82) is 0 Å². The third kappa shape index (κ3) is 3.56. The first kappa shape index (κ1) is 16.2. The van der Waals surface area contributed by atoms with Crippen LogP contribution in [-0.2, 0) is 11.3 Å². The van der Waals surface area contributed by atoms with Crippen molar-refractivity contribution in [2.45, 2.75) is 38.3 Å². The SMILES string of the molecule is Cc1ccc(-c2cccc(CN3CCC[C@@]4(CC3)CNC(=O)O4)c2)o1. The van der Waals surface area contributed by atoms with E-state index in [1.165, 1.54) is 5.56 Å². The van der Waals surface area contributed by atoms with Gasteiger partial charge in [0.05, 0.1) is 6.54 Å². The molecule has 5 heteroatoms. The second-order valence-electron chi connectivity index (χ2n) is 7.17. The van der Waals surface area contributed by atoms with Gasteiger partial charge in [0.25, 0.3) is 0 Å². The number of amides is 1. The van der Waals surface area contributed by atoms with E-state index in [2.05, 4.69) is 34.5 Å². The van der Waals surface area contributed by atoms with E-state index in [0.29, 0.717) is 6.54 Å². The summed E-state index contributed by atoms with van der Waals surface area (Å²) in [6.45, 7) is 5.49. The predicted molar refractivity (Wildman–Crippen MR) is 95.2 cm³/mol. The Morgan fingerprint density at radius 1 is 1.20 bits per heavy atom. The zero-order valence-electron chi connectivity index (χ0n) is 14.6. The molecular weight excluding hydrogens is 316 g/mol. The number of carbonyl (C=O) groups excluding carboxylic acids is 1. The zero-order chi connectivity index (χ0) is 17.3. The van der Waals surface area contributed by atoms with E-state index >= 15 is 0 Å². The second kappa shape index (κ2) is 6.56. The summed E-state index contributed by atoms with van der Waals surface area (Å²) in [5, 5.41) is 2.81. The summed E-state index contributed by atoms with van der Waals surface area (Å²) in [6.07, 6.45) is 2.61. The van der Waals surface area contributed by atoms with E-state index in [1.807, 2.05) is 19.1 Å². The average Bonchev–Trinajstić information content (AvgIpc) is 3.13. The molecule has 4 rings (SSSR count). The van der Waals surface area contributed by atoms with E-state index in [9.17, 15) is 4.79 Å². The molecule has 2 saturated heterocycles. The third-order valence-electron chi connectivity index (χ3n) is 5.21. The molecule has 5 nitrogen and oxygen atoms in total. The van der Waals surface area contributed by atoms with Crippen molar-refractivity contribution in [3.05, 3.63) is 47.7 Å². The van der Waals surface area contributed by atoms with Crippen LogP contribution < -0.4 is 5.32 Å². The second-order valence-corrected chi connectivity index (χ2v) is 7.17. The van der Waals surface area contributed by atoms with Gasteiger partial charge >= 0.3 is 6.09 Å². The van der Waals surface area contributed by atoms with Crippen LogP contribution >= 0.6 is 0 Å². The molecule has 1 aromatic carbocycles. The molecule has 1 N–H and O–H groups in total. The number of rotatable bonds is 3. The fourth-order valence-corrected chi connectivity index (χ4v) is 3.83. The number of benzene rings is 1. The van der Waals surface area contributed by atoms with Gasteiger partial charge in [0.1, 0.15) is 17.1 Å². The Morgan fingerprint density at radius 3 is 2.88 bits per heavy atom. The minimum Gasteiger partial charge on any atom is -0.461 e. The van der Waals surface area contributed by atoms with Crippen molar-refractivity contribution in [2.24, 2.45) is 0 Å². The van der Waals surface area contributed by atoms with Gasteiger partial charge in [0.2, 0.25) is 0 Å². The largest absolute Gasteiger partial charge is 0.461 e. The van der Waals surface area contributed by atoms with Gasteiger partial charge in [-0.25, -0.2) is 4.79 Å². The van der Waals surface area contributed by atoms with E-state index in [-0.39, 0.29) is 11.7 Å². The molecule has 1 amide bonds. The standard InChI is InChI=1S/C20H24N2O3/c1-15-6-7-18(24-15)17-5-2-4-16(12-17)13-22-10-3-8-20(9-11-22)14-21-19(23)25-20/h2,4-7,12H,3,8-11,13-14H2,1H3,(H,21,23)/t20-/m1/s1. The van der Waals surface area contributed by atoms with Crippen LogP contribution in [0.3, 0.4) is 0 Å². The van der Waals surface area contributed by atoms with Crippen molar-refractivity contribution < 1.29 is 13.9 Å². The predicted octanol–water partition coefficient (Wildman–Crippen LogP) is 3.72. The van der Waals surface area contributed by atoms with Gasteiger partial charge in [-0.05, 0) is 50.1 Å². The number of alkyl carbamates (subject to hydrolysis) is 1. The van der Waals surface area contributed by atoms with Gasteiger partial charge in [-0.3, -0.25) is 4.90 Å². The summed E-state index contributed by atoms with van der Waals surface area (Å²) in [5.41, 5.74) is 2.11. The van der Waals surface area contributed by atoms with Gasteiger partial charge in [0.15, 0.2) is 0 Å². The first-order valence-electron chi connectivity index (χ1n) is 8.97. The molecule has 2 fully saturated rings. The number of furan rings is 1. The van der Waals surface area contributed by atoms with Crippen LogP contribution in [0.4, 0.5) is 4.79 Å². The summed E-state index contributed by atoms with van der Waals surface area (Å²) in [5.74, 6) is 1.84. The summed E-state index contributed by atoms with van der Waals surface area (Å²) in [7, 11) is 0. The Hall–Kier alpha value is -2.27. The average molecular weight is 340 g/mol. The molecule has 3 heterocycles. The minimum atomic E-state index is -0.292. The number of ether oxygens (including phenoxy) is 1. The molecule has 132 valence electrons. The van der Waals surface area contributed by atoms with E-state index in [1.54, 1.807) is 0 Å². The molecule has 2 aliphatic rings. The van der Waals surface area contributed by atoms with Crippen LogP contribution in [0.5, 0.6) is 0 Å². The lowest BCUT2D eigenvalue weighted by molar-refractivity contribution is 0.0443. The summed E-state index contributed by atoms with van der Waals surface area (Å²) < 4.78 is 11.3. The Morgan fingerprint density at radius 2 is 2.12 bits per heavy atom. The quantitative estimate of drug-likeness (QED) is 0.925. The summed E-state index contributed by atoms with van der Waals surface area (Å²) >= 11 is 0. The van der Waals surface area contributed by atoms with Crippen LogP contribution in [-0.4, -0.2) is 36.2 Å². The molecule has 2 aliphatic heterocycles. The van der Waals surface area contributed by atoms with Crippen LogP contribution in [0.2, 0.25) is 0 Å². The highest BCUT2D eigenvalue weighted by Gasteiger charge is 2.41. The smallest absolute Gasteiger partial charge is 0.407 e. The van der Waals surface area contributed by atoms with E-state index in [4.69, 9.17) is 9.15 Å². The Bertz CT molecular complexity index is 770. The normalized spacial score (nSPS) is 24.1. The topological polar surface area (TPSA) is 54.7 Å². The molecule has 2 aromatic rings. The lowest BCUT2D eigenvalue weighted by Gasteiger charge is -2.25. The summed E-state index contributed by atoms with van der Waals surface area (Å²) in [6, 6.07) is 12.6. The fraction of sp³-hybridized carbons (Fsp3) is 0.450. The maximum atomic E-state index is 11.4. The first-order valence-corrected chi connectivity index (χ1v) is 8.97. The van der Waals surface area contributed by atoms with Crippen LogP contribution in [0.15, 0.2) is 40.8 Å². The van der Waals surface area contributed by atoms with Crippen molar-refractivity contribution in [3.8, 4) is 11.3 Å². The number of hydrogen-bond donors (Lipinski definition) is 1. The van der Waals surface area contributed by atoms with Crippen molar-refractivity contribution in [2.75, 3.05) is 19.6 Å². The number of carbonyl (C=O) groups is 1. The lowest BCUT2D eigenvalue weighted by atomic mass is 9.95. The highest BCUT2D eigenvalue weighted by Crippen LogP contribution is 2.30.